The minimum absolute atomic E-state index is 0.0637. The van der Waals surface area contributed by atoms with Gasteiger partial charge in [-0.15, -0.1) is 0 Å². The second-order valence-corrected chi connectivity index (χ2v) is 9.82. The summed E-state index contributed by atoms with van der Waals surface area (Å²) >= 11 is 0. The minimum Gasteiger partial charge on any atom is -0.446 e. The van der Waals surface area contributed by atoms with Gasteiger partial charge in [-0.2, -0.15) is 4.72 Å². The fourth-order valence-electron chi connectivity index (χ4n) is 3.48. The van der Waals surface area contributed by atoms with Crippen molar-refractivity contribution in [3.05, 3.63) is 65.7 Å². The second kappa shape index (κ2) is 10.7. The highest BCUT2D eigenvalue weighted by Crippen LogP contribution is 2.17. The van der Waals surface area contributed by atoms with Crippen molar-refractivity contribution in [2.45, 2.75) is 43.3 Å². The molecule has 0 unspecified atom stereocenters. The van der Waals surface area contributed by atoms with Crippen LogP contribution >= 0.6 is 0 Å². The lowest BCUT2D eigenvalue weighted by molar-refractivity contribution is -0.137. The maximum atomic E-state index is 13.0. The first-order valence-electron chi connectivity index (χ1n) is 10.7. The fourth-order valence-corrected chi connectivity index (χ4v) is 4.67. The number of hydrogen-bond acceptors (Lipinski definition) is 7. The van der Waals surface area contributed by atoms with Crippen LogP contribution in [0.5, 0.6) is 0 Å². The van der Waals surface area contributed by atoms with Crippen LogP contribution in [0.3, 0.4) is 0 Å². The Labute approximate surface area is 202 Å². The Balaban J connectivity index is 1.72. The molecular weight excluding hydrogens is 476 g/mol. The molecule has 3 rings (SSSR count). The molecule has 1 saturated heterocycles. The van der Waals surface area contributed by atoms with Gasteiger partial charge in [0.15, 0.2) is 6.04 Å². The summed E-state index contributed by atoms with van der Waals surface area (Å²) in [6.45, 7) is 2.59. The monoisotopic (exact) mass is 502 g/mol. The molecule has 0 radical (unpaired) electrons. The Bertz CT molecular complexity index is 1220. The normalized spacial score (nSPS) is 17.4. The zero-order valence-corrected chi connectivity index (χ0v) is 19.9. The predicted octanol–water partition coefficient (Wildman–Crippen LogP) is 0.222. The van der Waals surface area contributed by atoms with E-state index in [0.717, 1.165) is 11.1 Å². The molecule has 35 heavy (non-hydrogen) atoms. The van der Waals surface area contributed by atoms with E-state index in [4.69, 9.17) is 10.5 Å². The average Bonchev–Trinajstić information content (AvgIpc) is 3.20. The third-order valence-corrected chi connectivity index (χ3v) is 6.95. The smallest absolute Gasteiger partial charge is 0.417 e. The summed E-state index contributed by atoms with van der Waals surface area (Å²) in [6.07, 6.45) is -1.00. The van der Waals surface area contributed by atoms with Gasteiger partial charge in [0.1, 0.15) is 12.6 Å². The summed E-state index contributed by atoms with van der Waals surface area (Å²) in [6, 6.07) is 10.9. The van der Waals surface area contributed by atoms with Crippen molar-refractivity contribution in [3.8, 4) is 0 Å². The van der Waals surface area contributed by atoms with Gasteiger partial charge in [-0.05, 0) is 31.5 Å². The highest BCUT2D eigenvalue weighted by Gasteiger charge is 2.45. The summed E-state index contributed by atoms with van der Waals surface area (Å²) in [4.78, 5) is 50.5. The molecule has 2 aromatic rings. The number of nitrogens with zero attached hydrogens (tertiary/aromatic N) is 1. The Morgan fingerprint density at radius 3 is 2.34 bits per heavy atom. The molecule has 11 nitrogen and oxygen atoms in total. The van der Waals surface area contributed by atoms with Crippen LogP contribution in [0.15, 0.2) is 59.5 Å². The van der Waals surface area contributed by atoms with Crippen LogP contribution < -0.4 is 15.8 Å². The third-order valence-electron chi connectivity index (χ3n) is 5.39. The van der Waals surface area contributed by atoms with Crippen LogP contribution in [-0.2, 0) is 35.6 Å². The van der Waals surface area contributed by atoms with Crippen LogP contribution in [0, 0.1) is 6.92 Å². The molecule has 0 aliphatic carbocycles. The van der Waals surface area contributed by atoms with Gasteiger partial charge in [-0.25, -0.2) is 18.1 Å². The van der Waals surface area contributed by atoms with Gasteiger partial charge in [0.05, 0.1) is 10.9 Å². The maximum Gasteiger partial charge on any atom is 0.417 e. The van der Waals surface area contributed by atoms with Crippen molar-refractivity contribution in [3.63, 3.8) is 0 Å². The highest BCUT2D eigenvalue weighted by molar-refractivity contribution is 7.89. The van der Waals surface area contributed by atoms with Gasteiger partial charge in [-0.3, -0.25) is 14.4 Å². The van der Waals surface area contributed by atoms with Crippen LogP contribution in [0.25, 0.3) is 0 Å². The number of carbonyl (C=O) groups excluding carboxylic acids is 4. The molecule has 12 heteroatoms. The van der Waals surface area contributed by atoms with Crippen LogP contribution in [0.1, 0.15) is 18.1 Å². The molecule has 1 heterocycles. The Hall–Kier alpha value is -3.77. The van der Waals surface area contributed by atoms with Crippen molar-refractivity contribution >= 4 is 33.8 Å². The summed E-state index contributed by atoms with van der Waals surface area (Å²) in [5.41, 5.74) is 7.01. The number of imide groups is 1. The molecule has 2 aromatic carbocycles. The number of benzene rings is 2. The highest BCUT2D eigenvalue weighted by atomic mass is 32.2. The Kier molecular flexibility index (Phi) is 7.87. The van der Waals surface area contributed by atoms with Crippen LogP contribution in [0.2, 0.25) is 0 Å². The number of nitrogens with two attached hydrogens (primary N) is 1. The van der Waals surface area contributed by atoms with E-state index < -0.39 is 58.6 Å². The fraction of sp³-hybridized carbons (Fsp3) is 0.304. The Morgan fingerprint density at radius 2 is 1.74 bits per heavy atom. The number of sulfonamides is 1. The summed E-state index contributed by atoms with van der Waals surface area (Å²) < 4.78 is 32.3. The standard InChI is InChI=1S/C23H26N4O7S/c1-14-8-10-17(11-9-14)35(32,33)26-15(2)22(30)27-19(13-34-23(27)31)21(29)25-18(20(24)28)12-16-6-4-3-5-7-16/h3-11,15,18-19,26H,12-13H2,1-2H3,(H2,24,28)(H,25,29)/t15-,18-,19-/m0/s1. The SMILES string of the molecule is Cc1ccc(S(=O)(=O)N[C@@H](C)C(=O)N2C(=O)OC[C@H]2C(=O)N[C@@H](Cc2ccccc2)C(N)=O)cc1. The molecule has 3 atom stereocenters. The van der Waals surface area contributed by atoms with Gasteiger partial charge in [0.2, 0.25) is 21.8 Å². The molecule has 186 valence electrons. The number of ether oxygens (including phenoxy) is 1. The number of cyclic esters (lactones) is 1. The van der Waals surface area contributed by atoms with Crippen molar-refractivity contribution in [1.82, 2.24) is 14.9 Å². The summed E-state index contributed by atoms with van der Waals surface area (Å²) in [5.74, 6) is -2.62. The van der Waals surface area contributed by atoms with Gasteiger partial charge in [0.25, 0.3) is 5.91 Å². The number of primary amides is 1. The zero-order valence-electron chi connectivity index (χ0n) is 19.1. The van der Waals surface area contributed by atoms with Gasteiger partial charge in [0, 0.05) is 6.42 Å². The number of aryl methyl sites for hydroxylation is 1. The summed E-state index contributed by atoms with van der Waals surface area (Å²) in [7, 11) is -4.08. The molecule has 1 fully saturated rings. The molecule has 1 aliphatic heterocycles. The van der Waals surface area contributed by atoms with Crippen molar-refractivity contribution < 1.29 is 32.3 Å². The van der Waals surface area contributed by atoms with Crippen molar-refractivity contribution in [2.24, 2.45) is 5.73 Å². The lowest BCUT2D eigenvalue weighted by atomic mass is 10.0. The first-order valence-corrected chi connectivity index (χ1v) is 12.2. The number of rotatable bonds is 9. The van der Waals surface area contributed by atoms with E-state index in [1.807, 2.05) is 0 Å². The average molecular weight is 503 g/mol. The topological polar surface area (TPSA) is 165 Å². The van der Waals surface area contributed by atoms with Gasteiger partial charge < -0.3 is 15.8 Å². The first-order chi connectivity index (χ1) is 16.5. The zero-order chi connectivity index (χ0) is 25.8. The van der Waals surface area contributed by atoms with Crippen LogP contribution in [-0.4, -0.2) is 61.9 Å². The molecule has 0 bridgehead atoms. The summed E-state index contributed by atoms with van der Waals surface area (Å²) in [5, 5.41) is 2.45. The van der Waals surface area contributed by atoms with E-state index in [9.17, 15) is 27.6 Å². The second-order valence-electron chi connectivity index (χ2n) is 8.11. The van der Waals surface area contributed by atoms with Gasteiger partial charge >= 0.3 is 6.09 Å². The number of nitrogens with one attached hydrogen (secondary N) is 2. The minimum atomic E-state index is -4.08. The number of carbonyl (C=O) groups is 4. The van der Waals surface area contributed by atoms with E-state index in [2.05, 4.69) is 10.0 Å². The largest absolute Gasteiger partial charge is 0.446 e. The number of hydrogen-bond donors (Lipinski definition) is 3. The van der Waals surface area contributed by atoms with E-state index in [-0.39, 0.29) is 11.3 Å². The molecule has 4 amide bonds. The van der Waals surface area contributed by atoms with E-state index >= 15 is 0 Å². The van der Waals surface area contributed by atoms with Gasteiger partial charge in [-0.1, -0.05) is 48.0 Å². The van der Waals surface area contributed by atoms with E-state index in [1.165, 1.54) is 19.1 Å². The lowest BCUT2D eigenvalue weighted by Crippen LogP contribution is -2.57. The van der Waals surface area contributed by atoms with Crippen LogP contribution in [0.4, 0.5) is 4.79 Å². The third kappa shape index (κ3) is 6.22. The molecule has 0 saturated carbocycles. The van der Waals surface area contributed by atoms with E-state index in [0.29, 0.717) is 4.90 Å². The molecule has 0 aromatic heterocycles. The molecular formula is C23H26N4O7S. The quantitative estimate of drug-likeness (QED) is 0.441. The Morgan fingerprint density at radius 1 is 1.11 bits per heavy atom. The maximum absolute atomic E-state index is 13.0. The molecule has 4 N–H and O–H groups in total. The lowest BCUT2D eigenvalue weighted by Gasteiger charge is -2.24. The predicted molar refractivity (Wildman–Crippen MR) is 124 cm³/mol. The van der Waals surface area contributed by atoms with Crippen molar-refractivity contribution in [2.75, 3.05) is 6.61 Å². The first kappa shape index (κ1) is 25.8. The molecule has 1 aliphatic rings. The molecule has 0 spiro atoms. The number of amides is 4. The van der Waals surface area contributed by atoms with E-state index in [1.54, 1.807) is 49.4 Å². The van der Waals surface area contributed by atoms with Crippen molar-refractivity contribution in [1.29, 1.82) is 0 Å².